The zero-order valence-corrected chi connectivity index (χ0v) is 13.3. The molecule has 2 aromatic rings. The Morgan fingerprint density at radius 3 is 2.64 bits per heavy atom. The van der Waals surface area contributed by atoms with Gasteiger partial charge in [0.15, 0.2) is 0 Å². The number of fused-ring (bicyclic) bond motifs is 3. The van der Waals surface area contributed by atoms with Crippen LogP contribution in [0.4, 0.5) is 4.39 Å². The SMILES string of the molecule is CN1CC[C@]2(c3ccc(F)cc3)Oc3ccccc3[C@@H]2C1.Cl. The molecule has 0 spiro atoms. The first-order valence-corrected chi connectivity index (χ1v) is 7.41. The second kappa shape index (κ2) is 5.56. The molecule has 0 aliphatic carbocycles. The summed E-state index contributed by atoms with van der Waals surface area (Å²) in [6.07, 6.45) is 0.925. The largest absolute Gasteiger partial charge is 0.482 e. The number of ether oxygens (including phenoxy) is 1. The summed E-state index contributed by atoms with van der Waals surface area (Å²) in [6, 6.07) is 15.1. The van der Waals surface area contributed by atoms with Gasteiger partial charge in [0, 0.05) is 31.0 Å². The van der Waals surface area contributed by atoms with Crippen molar-refractivity contribution < 1.29 is 9.13 Å². The van der Waals surface area contributed by atoms with Gasteiger partial charge in [0.25, 0.3) is 0 Å². The quantitative estimate of drug-likeness (QED) is 0.789. The van der Waals surface area contributed by atoms with Crippen molar-refractivity contribution in [3.63, 3.8) is 0 Å². The number of para-hydroxylation sites is 1. The molecule has 116 valence electrons. The van der Waals surface area contributed by atoms with Crippen molar-refractivity contribution in [1.82, 2.24) is 4.90 Å². The van der Waals surface area contributed by atoms with Crippen molar-refractivity contribution in [3.05, 3.63) is 65.5 Å². The first-order chi connectivity index (χ1) is 10.2. The van der Waals surface area contributed by atoms with E-state index in [1.54, 1.807) is 0 Å². The third-order valence-electron chi connectivity index (χ3n) is 4.84. The highest BCUT2D eigenvalue weighted by Gasteiger charge is 2.51. The van der Waals surface area contributed by atoms with Gasteiger partial charge in [-0.1, -0.05) is 30.3 Å². The molecule has 0 amide bonds. The second-order valence-electron chi connectivity index (χ2n) is 6.10. The van der Waals surface area contributed by atoms with Gasteiger partial charge >= 0.3 is 0 Å². The normalized spacial score (nSPS) is 26.5. The number of hydrogen-bond acceptors (Lipinski definition) is 2. The maximum atomic E-state index is 13.3. The van der Waals surface area contributed by atoms with Crippen LogP contribution in [0.15, 0.2) is 48.5 Å². The van der Waals surface area contributed by atoms with Crippen LogP contribution in [0.3, 0.4) is 0 Å². The molecule has 0 unspecified atom stereocenters. The van der Waals surface area contributed by atoms with E-state index in [9.17, 15) is 4.39 Å². The lowest BCUT2D eigenvalue weighted by Gasteiger charge is -2.42. The molecule has 2 nitrogen and oxygen atoms in total. The van der Waals surface area contributed by atoms with Crippen molar-refractivity contribution in [3.8, 4) is 5.75 Å². The summed E-state index contributed by atoms with van der Waals surface area (Å²) in [5, 5.41) is 0. The molecule has 1 saturated heterocycles. The predicted octanol–water partition coefficient (Wildman–Crippen LogP) is 3.95. The van der Waals surface area contributed by atoms with Gasteiger partial charge in [-0.15, -0.1) is 12.4 Å². The lowest BCUT2D eigenvalue weighted by molar-refractivity contribution is 0.00698. The molecule has 2 heterocycles. The topological polar surface area (TPSA) is 12.5 Å². The Bertz CT molecular complexity index is 675. The van der Waals surface area contributed by atoms with E-state index in [-0.39, 0.29) is 23.8 Å². The molecule has 2 aromatic carbocycles. The lowest BCUT2D eigenvalue weighted by Crippen LogP contribution is -2.47. The number of hydrogen-bond donors (Lipinski definition) is 0. The fraction of sp³-hybridized carbons (Fsp3) is 0.333. The van der Waals surface area contributed by atoms with Crippen LogP contribution in [0.5, 0.6) is 5.75 Å². The van der Waals surface area contributed by atoms with Gasteiger partial charge in [0.1, 0.15) is 17.2 Å². The van der Waals surface area contributed by atoms with Crippen molar-refractivity contribution in [2.24, 2.45) is 0 Å². The average Bonchev–Trinajstić information content (AvgIpc) is 2.83. The number of likely N-dealkylation sites (N-methyl/N-ethyl adjacent to an activating group) is 1. The zero-order valence-electron chi connectivity index (χ0n) is 12.5. The van der Waals surface area contributed by atoms with Crippen LogP contribution >= 0.6 is 12.4 Å². The molecule has 0 bridgehead atoms. The molecule has 0 N–H and O–H groups in total. The van der Waals surface area contributed by atoms with E-state index in [1.165, 1.54) is 17.7 Å². The highest BCUT2D eigenvalue weighted by Crippen LogP contribution is 2.54. The lowest BCUT2D eigenvalue weighted by atomic mass is 9.74. The second-order valence-corrected chi connectivity index (χ2v) is 6.10. The number of rotatable bonds is 1. The van der Waals surface area contributed by atoms with E-state index in [1.807, 2.05) is 24.3 Å². The van der Waals surface area contributed by atoms with Gasteiger partial charge in [0.05, 0.1) is 0 Å². The minimum atomic E-state index is -0.343. The van der Waals surface area contributed by atoms with Crippen molar-refractivity contribution in [2.45, 2.75) is 17.9 Å². The number of benzene rings is 2. The van der Waals surface area contributed by atoms with Crippen LogP contribution in [-0.4, -0.2) is 25.0 Å². The third-order valence-corrected chi connectivity index (χ3v) is 4.84. The smallest absolute Gasteiger partial charge is 0.143 e. The third kappa shape index (κ3) is 2.20. The first-order valence-electron chi connectivity index (χ1n) is 7.41. The standard InChI is InChI=1S/C18H18FNO.ClH/c1-20-11-10-18(13-6-8-14(19)9-7-13)16(12-20)15-4-2-3-5-17(15)21-18;/h2-9,16H,10-12H2,1H3;1H/t16-,18+;/m0./s1. The van der Waals surface area contributed by atoms with Crippen molar-refractivity contribution in [1.29, 1.82) is 0 Å². The summed E-state index contributed by atoms with van der Waals surface area (Å²) in [6.45, 7) is 1.95. The van der Waals surface area contributed by atoms with Crippen molar-refractivity contribution >= 4 is 12.4 Å². The number of nitrogens with zero attached hydrogens (tertiary/aromatic N) is 1. The van der Waals surface area contributed by atoms with E-state index >= 15 is 0 Å². The highest BCUT2D eigenvalue weighted by atomic mass is 35.5. The summed E-state index contributed by atoms with van der Waals surface area (Å²) in [5.41, 5.74) is 2.01. The van der Waals surface area contributed by atoms with Gasteiger partial charge < -0.3 is 9.64 Å². The first kappa shape index (κ1) is 15.3. The van der Waals surface area contributed by atoms with Gasteiger partial charge in [-0.3, -0.25) is 0 Å². The Morgan fingerprint density at radius 1 is 1.14 bits per heavy atom. The van der Waals surface area contributed by atoms with Crippen LogP contribution in [0, 0.1) is 5.82 Å². The highest BCUT2D eigenvalue weighted by molar-refractivity contribution is 5.85. The molecule has 0 radical (unpaired) electrons. The Morgan fingerprint density at radius 2 is 1.86 bits per heavy atom. The number of likely N-dealkylation sites (tertiary alicyclic amines) is 1. The molecule has 4 heteroatoms. The minimum absolute atomic E-state index is 0. The van der Waals surface area contributed by atoms with Crippen LogP contribution in [0.2, 0.25) is 0 Å². The molecule has 22 heavy (non-hydrogen) atoms. The predicted molar refractivity (Wildman–Crippen MR) is 87.3 cm³/mol. The van der Waals surface area contributed by atoms with Gasteiger partial charge in [-0.05, 0) is 30.8 Å². The summed E-state index contributed by atoms with van der Waals surface area (Å²) in [5.74, 6) is 1.08. The maximum Gasteiger partial charge on any atom is 0.143 e. The molecule has 1 fully saturated rings. The van der Waals surface area contributed by atoms with E-state index in [0.717, 1.165) is 30.8 Å². The summed E-state index contributed by atoms with van der Waals surface area (Å²) < 4.78 is 19.7. The van der Waals surface area contributed by atoms with Gasteiger partial charge in [-0.2, -0.15) is 0 Å². The van der Waals surface area contributed by atoms with Gasteiger partial charge in [0.2, 0.25) is 0 Å². The van der Waals surface area contributed by atoms with E-state index in [0.29, 0.717) is 5.92 Å². The van der Waals surface area contributed by atoms with E-state index in [2.05, 4.69) is 24.1 Å². The van der Waals surface area contributed by atoms with E-state index < -0.39 is 0 Å². The summed E-state index contributed by atoms with van der Waals surface area (Å²) in [7, 11) is 2.15. The Balaban J connectivity index is 0.00000144. The van der Waals surface area contributed by atoms with Crippen LogP contribution in [-0.2, 0) is 5.60 Å². The fourth-order valence-electron chi connectivity index (χ4n) is 3.75. The maximum absolute atomic E-state index is 13.3. The number of piperidine rings is 1. The number of halogens is 2. The summed E-state index contributed by atoms with van der Waals surface area (Å²) >= 11 is 0. The van der Waals surface area contributed by atoms with Crippen molar-refractivity contribution in [2.75, 3.05) is 20.1 Å². The Hall–Kier alpha value is -1.58. The fourth-order valence-corrected chi connectivity index (χ4v) is 3.75. The molecule has 4 rings (SSSR count). The minimum Gasteiger partial charge on any atom is -0.482 e. The molecule has 2 atom stereocenters. The molecule has 2 aliphatic rings. The van der Waals surface area contributed by atoms with Crippen LogP contribution in [0.25, 0.3) is 0 Å². The molecular weight excluding hydrogens is 301 g/mol. The summed E-state index contributed by atoms with van der Waals surface area (Å²) in [4.78, 5) is 2.35. The molecule has 0 aromatic heterocycles. The Kier molecular flexibility index (Phi) is 3.87. The Labute approximate surface area is 136 Å². The van der Waals surface area contributed by atoms with Crippen LogP contribution < -0.4 is 4.74 Å². The molecule has 0 saturated carbocycles. The average molecular weight is 320 g/mol. The van der Waals surface area contributed by atoms with E-state index in [4.69, 9.17) is 4.74 Å². The molecule has 2 aliphatic heterocycles. The monoisotopic (exact) mass is 319 g/mol. The molecular formula is C18H19ClFNO. The van der Waals surface area contributed by atoms with Gasteiger partial charge in [-0.25, -0.2) is 4.39 Å². The van der Waals surface area contributed by atoms with Crippen LogP contribution in [0.1, 0.15) is 23.5 Å². The zero-order chi connectivity index (χ0) is 14.4.